The number of urea groups is 1. The van der Waals surface area contributed by atoms with Gasteiger partial charge >= 0.3 is 6.03 Å². The standard InChI is InChI=1S/C27H30FN5O2S2.2H2O/c1-36-18-4-5-19(22(28)12-18)21-13-37-24-23(21)30-14-31-26(24)35-17-6-8-33(9-7-17)27(34)32-25(29)20-11-15-2-3-16(20)10-15;;/h4-5,12-17,20H,2-3,6-11H2,1H3,(H2,29,32,34);2*1H2. The van der Waals surface area contributed by atoms with Gasteiger partial charge in [-0.1, -0.05) is 12.5 Å². The van der Waals surface area contributed by atoms with E-state index < -0.39 is 0 Å². The van der Waals surface area contributed by atoms with Crippen LogP contribution in [0.25, 0.3) is 21.3 Å². The normalized spacial score (nSPS) is 22.3. The minimum absolute atomic E-state index is 0. The first-order valence-electron chi connectivity index (χ1n) is 12.9. The molecular formula is C27H34FN5O4S2. The Labute approximate surface area is 234 Å². The summed E-state index contributed by atoms with van der Waals surface area (Å²) in [5, 5.41) is 13.2. The summed E-state index contributed by atoms with van der Waals surface area (Å²) in [5.41, 5.74) is 1.94. The molecule has 9 nitrogen and oxygen atoms in total. The second-order valence-corrected chi connectivity index (χ2v) is 12.0. The van der Waals surface area contributed by atoms with Gasteiger partial charge in [0.15, 0.2) is 0 Å². The van der Waals surface area contributed by atoms with Crippen molar-refractivity contribution in [1.82, 2.24) is 20.2 Å². The van der Waals surface area contributed by atoms with Crippen LogP contribution in [0.15, 0.2) is 34.8 Å². The third-order valence-corrected chi connectivity index (χ3v) is 9.83. The number of hydrogen-bond donors (Lipinski definition) is 2. The third kappa shape index (κ3) is 5.74. The van der Waals surface area contributed by atoms with E-state index in [2.05, 4.69) is 15.3 Å². The van der Waals surface area contributed by atoms with Gasteiger partial charge in [0.2, 0.25) is 5.88 Å². The SMILES string of the molecule is CSc1ccc(-c2csc3c(OC4CCN(C(=O)NC(=N)C5CC6CCC5C6)CC4)ncnc23)c(F)c1.O.O. The smallest absolute Gasteiger partial charge is 0.322 e. The number of nitrogens with zero attached hydrogens (tertiary/aromatic N) is 3. The zero-order valence-corrected chi connectivity index (χ0v) is 23.3. The van der Waals surface area contributed by atoms with E-state index in [0.29, 0.717) is 54.6 Å². The van der Waals surface area contributed by atoms with Crippen molar-refractivity contribution in [2.45, 2.75) is 49.5 Å². The second kappa shape index (κ2) is 12.2. The van der Waals surface area contributed by atoms with Gasteiger partial charge < -0.3 is 20.6 Å². The molecule has 6 N–H and O–H groups in total. The zero-order valence-electron chi connectivity index (χ0n) is 21.7. The van der Waals surface area contributed by atoms with Gasteiger partial charge in [0.25, 0.3) is 0 Å². The number of rotatable bonds is 5. The maximum Gasteiger partial charge on any atom is 0.322 e. The summed E-state index contributed by atoms with van der Waals surface area (Å²) in [6, 6.07) is 5.08. The van der Waals surface area contributed by atoms with Gasteiger partial charge in [-0.25, -0.2) is 19.2 Å². The molecule has 12 heteroatoms. The summed E-state index contributed by atoms with van der Waals surface area (Å²) in [7, 11) is 0. The number of hydrogen-bond acceptors (Lipinski definition) is 7. The fraction of sp³-hybridized carbons (Fsp3) is 0.481. The van der Waals surface area contributed by atoms with Crippen LogP contribution in [-0.4, -0.2) is 63.1 Å². The summed E-state index contributed by atoms with van der Waals surface area (Å²) in [6.45, 7) is 1.13. The van der Waals surface area contributed by atoms with E-state index in [-0.39, 0.29) is 34.8 Å². The Kier molecular flexibility index (Phi) is 9.10. The van der Waals surface area contributed by atoms with Crippen LogP contribution < -0.4 is 10.1 Å². The van der Waals surface area contributed by atoms with E-state index in [4.69, 9.17) is 10.1 Å². The number of likely N-dealkylation sites (tertiary alicyclic amines) is 1. The van der Waals surface area contributed by atoms with Crippen molar-refractivity contribution < 1.29 is 24.9 Å². The van der Waals surface area contributed by atoms with Crippen LogP contribution in [0.2, 0.25) is 0 Å². The Morgan fingerprint density at radius 3 is 2.62 bits per heavy atom. The van der Waals surface area contributed by atoms with Crippen molar-refractivity contribution >= 4 is 45.2 Å². The van der Waals surface area contributed by atoms with Crippen LogP contribution in [0.1, 0.15) is 38.5 Å². The van der Waals surface area contributed by atoms with Gasteiger partial charge in [0, 0.05) is 53.3 Å². The highest BCUT2D eigenvalue weighted by Crippen LogP contribution is 2.48. The number of piperidine rings is 1. The first kappa shape index (κ1) is 29.2. The summed E-state index contributed by atoms with van der Waals surface area (Å²) in [5.74, 6) is 2.16. The number of ether oxygens (including phenoxy) is 1. The number of carbonyl (C=O) groups excluding carboxylic acids is 1. The lowest BCUT2D eigenvalue weighted by molar-refractivity contribution is 0.110. The summed E-state index contributed by atoms with van der Waals surface area (Å²) in [4.78, 5) is 24.3. The van der Waals surface area contributed by atoms with E-state index in [1.165, 1.54) is 48.7 Å². The lowest BCUT2D eigenvalue weighted by atomic mass is 9.88. The first-order chi connectivity index (χ1) is 18.0. The highest BCUT2D eigenvalue weighted by atomic mass is 32.2. The maximum absolute atomic E-state index is 14.8. The molecule has 1 saturated heterocycles. The van der Waals surface area contributed by atoms with Gasteiger partial charge in [-0.05, 0) is 49.5 Å². The summed E-state index contributed by atoms with van der Waals surface area (Å²) in [6.07, 6.45) is 9.42. The van der Waals surface area contributed by atoms with Gasteiger partial charge in [-0.15, -0.1) is 23.1 Å². The van der Waals surface area contributed by atoms with E-state index in [1.807, 2.05) is 17.7 Å². The number of fused-ring (bicyclic) bond motifs is 3. The van der Waals surface area contributed by atoms with E-state index >= 15 is 0 Å². The molecule has 1 aliphatic heterocycles. The van der Waals surface area contributed by atoms with Crippen molar-refractivity contribution in [2.75, 3.05) is 19.3 Å². The first-order valence-corrected chi connectivity index (χ1v) is 15.0. The maximum atomic E-state index is 14.8. The highest BCUT2D eigenvalue weighted by Gasteiger charge is 2.42. The number of thiophene rings is 1. The number of carbonyl (C=O) groups is 1. The zero-order chi connectivity index (χ0) is 25.5. The molecule has 2 aromatic heterocycles. The monoisotopic (exact) mass is 575 g/mol. The Balaban J connectivity index is 0.00000176. The molecular weight excluding hydrogens is 541 g/mol. The average molecular weight is 576 g/mol. The molecule has 3 fully saturated rings. The van der Waals surface area contributed by atoms with Crippen LogP contribution in [0.3, 0.4) is 0 Å². The Hall–Kier alpha value is -2.80. The quantitative estimate of drug-likeness (QED) is 0.260. The van der Waals surface area contributed by atoms with Gasteiger partial charge in [0.05, 0.1) is 5.52 Å². The molecule has 3 unspecified atom stereocenters. The predicted molar refractivity (Wildman–Crippen MR) is 152 cm³/mol. The van der Waals surface area contributed by atoms with Crippen molar-refractivity contribution in [1.29, 1.82) is 5.41 Å². The number of halogens is 1. The third-order valence-electron chi connectivity index (χ3n) is 8.15. The number of nitrogens with one attached hydrogen (secondary N) is 2. The molecule has 2 aliphatic carbocycles. The van der Waals surface area contributed by atoms with Crippen LogP contribution in [0.5, 0.6) is 5.88 Å². The molecule has 0 radical (unpaired) electrons. The fourth-order valence-corrected chi connectivity index (χ4v) is 7.54. The Morgan fingerprint density at radius 1 is 1.15 bits per heavy atom. The molecule has 2 saturated carbocycles. The van der Waals surface area contributed by atoms with Gasteiger partial charge in [-0.3, -0.25) is 10.7 Å². The number of benzene rings is 1. The molecule has 210 valence electrons. The van der Waals surface area contributed by atoms with Crippen molar-refractivity contribution in [2.24, 2.45) is 17.8 Å². The summed E-state index contributed by atoms with van der Waals surface area (Å²) < 4.78 is 21.8. The van der Waals surface area contributed by atoms with E-state index in [9.17, 15) is 9.18 Å². The lowest BCUT2D eigenvalue weighted by Gasteiger charge is -2.32. The van der Waals surface area contributed by atoms with E-state index in [1.54, 1.807) is 17.0 Å². The van der Waals surface area contributed by atoms with Crippen LogP contribution >= 0.6 is 23.1 Å². The number of amides is 2. The minimum Gasteiger partial charge on any atom is -0.473 e. The lowest BCUT2D eigenvalue weighted by Crippen LogP contribution is -2.49. The fourth-order valence-electron chi connectivity index (χ4n) is 6.17. The minimum atomic E-state index is -0.271. The van der Waals surface area contributed by atoms with Crippen molar-refractivity contribution in [3.63, 3.8) is 0 Å². The average Bonchev–Trinajstić information content (AvgIpc) is 3.66. The molecule has 2 bridgehead atoms. The molecule has 6 rings (SSSR count). The predicted octanol–water partition coefficient (Wildman–Crippen LogP) is 4.54. The number of thioether (sulfide) groups is 1. The summed E-state index contributed by atoms with van der Waals surface area (Å²) >= 11 is 2.96. The van der Waals surface area contributed by atoms with Gasteiger partial charge in [0.1, 0.15) is 28.8 Å². The van der Waals surface area contributed by atoms with Crippen LogP contribution in [0.4, 0.5) is 9.18 Å². The molecule has 3 atom stereocenters. The van der Waals surface area contributed by atoms with Crippen LogP contribution in [0, 0.1) is 29.0 Å². The number of aromatic nitrogens is 2. The molecule has 3 heterocycles. The largest absolute Gasteiger partial charge is 0.473 e. The van der Waals surface area contributed by atoms with Gasteiger partial charge in [-0.2, -0.15) is 0 Å². The number of amidine groups is 1. The highest BCUT2D eigenvalue weighted by molar-refractivity contribution is 7.98. The molecule has 2 amide bonds. The van der Waals surface area contributed by atoms with Crippen molar-refractivity contribution in [3.8, 4) is 17.0 Å². The Morgan fingerprint density at radius 2 is 1.95 bits per heavy atom. The van der Waals surface area contributed by atoms with E-state index in [0.717, 1.165) is 27.5 Å². The molecule has 0 spiro atoms. The topological polar surface area (TPSA) is 154 Å². The Bertz CT molecular complexity index is 1350. The van der Waals surface area contributed by atoms with Crippen molar-refractivity contribution in [3.05, 3.63) is 35.7 Å². The van der Waals surface area contributed by atoms with Crippen LogP contribution in [-0.2, 0) is 0 Å². The second-order valence-electron chi connectivity index (χ2n) is 10.3. The molecule has 3 aliphatic rings. The molecule has 39 heavy (non-hydrogen) atoms. The molecule has 1 aromatic carbocycles. The molecule has 3 aromatic rings.